The van der Waals surface area contributed by atoms with Crippen molar-refractivity contribution in [3.05, 3.63) is 40.6 Å². The topological polar surface area (TPSA) is 50.2 Å². The molecular formula is C16H17NO2. The van der Waals surface area contributed by atoms with Crippen LogP contribution in [-0.4, -0.2) is 16.1 Å². The Morgan fingerprint density at radius 3 is 2.79 bits per heavy atom. The van der Waals surface area contributed by atoms with Crippen molar-refractivity contribution in [2.45, 2.75) is 39.0 Å². The molecule has 3 rings (SSSR count). The lowest BCUT2D eigenvalue weighted by Crippen LogP contribution is -2.08. The maximum atomic E-state index is 11.7. The van der Waals surface area contributed by atoms with Gasteiger partial charge in [0.15, 0.2) is 0 Å². The van der Waals surface area contributed by atoms with Crippen molar-refractivity contribution >= 4 is 16.9 Å². The Hall–Kier alpha value is -1.90. The number of carboxylic acids is 1. The number of aryl methyl sites for hydroxylation is 2. The highest BCUT2D eigenvalue weighted by Gasteiger charge is 2.21. The summed E-state index contributed by atoms with van der Waals surface area (Å²) < 4.78 is 0. The summed E-state index contributed by atoms with van der Waals surface area (Å²) in [5.41, 5.74) is 4.31. The molecule has 0 unspecified atom stereocenters. The van der Waals surface area contributed by atoms with Gasteiger partial charge in [0.1, 0.15) is 0 Å². The number of hydrogen-bond acceptors (Lipinski definition) is 2. The van der Waals surface area contributed by atoms with Crippen LogP contribution in [0.25, 0.3) is 10.9 Å². The highest BCUT2D eigenvalue weighted by molar-refractivity contribution is 6.04. The maximum Gasteiger partial charge on any atom is 0.336 e. The first kappa shape index (κ1) is 12.2. The number of nitrogens with zero attached hydrogens (tertiary/aromatic N) is 1. The standard InChI is InChI=1S/C16H17NO2/c1-10-7-8-14-12(9-10)15(16(18)19)11-5-3-2-4-6-13(11)17-14/h7-9H,2-6H2,1H3,(H,18,19). The Bertz CT molecular complexity index is 661. The van der Waals surface area contributed by atoms with Gasteiger partial charge in [0.05, 0.1) is 11.1 Å². The SMILES string of the molecule is Cc1ccc2nc3c(c(C(=O)O)c2c1)CCCCC3. The summed E-state index contributed by atoms with van der Waals surface area (Å²) in [6, 6.07) is 5.86. The van der Waals surface area contributed by atoms with E-state index < -0.39 is 5.97 Å². The molecule has 1 heterocycles. The van der Waals surface area contributed by atoms with Crippen LogP contribution in [0.1, 0.15) is 46.4 Å². The number of benzene rings is 1. The van der Waals surface area contributed by atoms with Crippen molar-refractivity contribution < 1.29 is 9.90 Å². The van der Waals surface area contributed by atoms with Crippen LogP contribution in [0.3, 0.4) is 0 Å². The highest BCUT2D eigenvalue weighted by atomic mass is 16.4. The normalized spacial score (nSPS) is 15.0. The van der Waals surface area contributed by atoms with Crippen LogP contribution in [-0.2, 0) is 12.8 Å². The van der Waals surface area contributed by atoms with Crippen molar-refractivity contribution in [3.8, 4) is 0 Å². The Labute approximate surface area is 112 Å². The molecule has 1 aromatic heterocycles. The fraction of sp³-hybridized carbons (Fsp3) is 0.375. The second-order valence-electron chi connectivity index (χ2n) is 5.30. The van der Waals surface area contributed by atoms with E-state index in [9.17, 15) is 9.90 Å². The minimum atomic E-state index is -0.823. The number of hydrogen-bond donors (Lipinski definition) is 1. The molecule has 1 aliphatic rings. The third kappa shape index (κ3) is 2.09. The molecule has 1 N–H and O–H groups in total. The largest absolute Gasteiger partial charge is 0.478 e. The zero-order valence-corrected chi connectivity index (χ0v) is 11.1. The maximum absolute atomic E-state index is 11.7. The number of fused-ring (bicyclic) bond motifs is 2. The number of carbonyl (C=O) groups is 1. The molecule has 0 amide bonds. The van der Waals surface area contributed by atoms with Gasteiger partial charge in [0, 0.05) is 11.1 Å². The minimum absolute atomic E-state index is 0.477. The van der Waals surface area contributed by atoms with Gasteiger partial charge >= 0.3 is 5.97 Å². The summed E-state index contributed by atoms with van der Waals surface area (Å²) in [6.45, 7) is 1.98. The van der Waals surface area contributed by atoms with E-state index in [1.54, 1.807) is 0 Å². The summed E-state index contributed by atoms with van der Waals surface area (Å²) in [4.78, 5) is 16.4. The number of aromatic nitrogens is 1. The first-order valence-electron chi connectivity index (χ1n) is 6.82. The molecule has 98 valence electrons. The molecule has 2 aromatic rings. The van der Waals surface area contributed by atoms with E-state index in [2.05, 4.69) is 0 Å². The van der Waals surface area contributed by atoms with Crippen LogP contribution in [0, 0.1) is 6.92 Å². The molecule has 0 spiro atoms. The molecule has 1 aromatic carbocycles. The van der Waals surface area contributed by atoms with Crippen LogP contribution in [0.5, 0.6) is 0 Å². The number of aromatic carboxylic acids is 1. The minimum Gasteiger partial charge on any atom is -0.478 e. The number of pyridine rings is 1. The molecule has 0 radical (unpaired) electrons. The molecule has 0 saturated carbocycles. The Morgan fingerprint density at radius 2 is 2.00 bits per heavy atom. The summed E-state index contributed by atoms with van der Waals surface area (Å²) >= 11 is 0. The Morgan fingerprint density at radius 1 is 1.21 bits per heavy atom. The Balaban J connectivity index is 2.37. The third-order valence-electron chi connectivity index (χ3n) is 3.88. The van der Waals surface area contributed by atoms with Gasteiger partial charge in [0.25, 0.3) is 0 Å². The van der Waals surface area contributed by atoms with Gasteiger partial charge in [-0.25, -0.2) is 4.79 Å². The highest BCUT2D eigenvalue weighted by Crippen LogP contribution is 2.29. The van der Waals surface area contributed by atoms with Crippen molar-refractivity contribution in [2.24, 2.45) is 0 Å². The summed E-state index contributed by atoms with van der Waals surface area (Å²) in [6.07, 6.45) is 5.07. The average Bonchev–Trinajstić information content (AvgIpc) is 2.60. The molecule has 0 saturated heterocycles. The lowest BCUT2D eigenvalue weighted by atomic mass is 9.96. The second kappa shape index (κ2) is 4.65. The zero-order chi connectivity index (χ0) is 13.4. The fourth-order valence-electron chi connectivity index (χ4n) is 2.96. The first-order chi connectivity index (χ1) is 9.16. The van der Waals surface area contributed by atoms with Crippen LogP contribution in [0.4, 0.5) is 0 Å². The van der Waals surface area contributed by atoms with Gasteiger partial charge in [-0.15, -0.1) is 0 Å². The lowest BCUT2D eigenvalue weighted by molar-refractivity contribution is 0.0697. The zero-order valence-electron chi connectivity index (χ0n) is 11.1. The van der Waals surface area contributed by atoms with Gasteiger partial charge in [0.2, 0.25) is 0 Å². The predicted octanol–water partition coefficient (Wildman–Crippen LogP) is 3.51. The first-order valence-corrected chi connectivity index (χ1v) is 6.82. The van der Waals surface area contributed by atoms with E-state index in [0.29, 0.717) is 5.56 Å². The van der Waals surface area contributed by atoms with Gasteiger partial charge in [-0.2, -0.15) is 0 Å². The van der Waals surface area contributed by atoms with Crippen LogP contribution < -0.4 is 0 Å². The van der Waals surface area contributed by atoms with Crippen molar-refractivity contribution in [1.29, 1.82) is 0 Å². The van der Waals surface area contributed by atoms with Gasteiger partial charge < -0.3 is 5.11 Å². The molecule has 3 heteroatoms. The van der Waals surface area contributed by atoms with E-state index in [-0.39, 0.29) is 0 Å². The number of carboxylic acid groups (broad SMARTS) is 1. The van der Waals surface area contributed by atoms with Crippen molar-refractivity contribution in [2.75, 3.05) is 0 Å². The molecule has 0 fully saturated rings. The van der Waals surface area contributed by atoms with Crippen LogP contribution in [0.2, 0.25) is 0 Å². The second-order valence-corrected chi connectivity index (χ2v) is 5.30. The lowest BCUT2D eigenvalue weighted by Gasteiger charge is -2.12. The average molecular weight is 255 g/mol. The molecule has 3 nitrogen and oxygen atoms in total. The third-order valence-corrected chi connectivity index (χ3v) is 3.88. The molecule has 0 atom stereocenters. The van der Waals surface area contributed by atoms with Crippen molar-refractivity contribution in [1.82, 2.24) is 4.98 Å². The van der Waals surface area contributed by atoms with E-state index in [1.807, 2.05) is 25.1 Å². The van der Waals surface area contributed by atoms with E-state index in [1.165, 1.54) is 0 Å². The van der Waals surface area contributed by atoms with E-state index >= 15 is 0 Å². The smallest absolute Gasteiger partial charge is 0.336 e. The molecular weight excluding hydrogens is 238 g/mol. The summed E-state index contributed by atoms with van der Waals surface area (Å²) in [5.74, 6) is -0.823. The van der Waals surface area contributed by atoms with Gasteiger partial charge in [-0.05, 0) is 50.3 Å². The van der Waals surface area contributed by atoms with E-state index in [0.717, 1.165) is 59.8 Å². The quantitative estimate of drug-likeness (QED) is 0.793. The molecule has 1 aliphatic carbocycles. The van der Waals surface area contributed by atoms with Crippen LogP contribution >= 0.6 is 0 Å². The van der Waals surface area contributed by atoms with Gasteiger partial charge in [-0.1, -0.05) is 18.1 Å². The fourth-order valence-corrected chi connectivity index (χ4v) is 2.96. The predicted molar refractivity (Wildman–Crippen MR) is 74.7 cm³/mol. The van der Waals surface area contributed by atoms with Gasteiger partial charge in [-0.3, -0.25) is 4.98 Å². The number of rotatable bonds is 1. The van der Waals surface area contributed by atoms with Crippen molar-refractivity contribution in [3.63, 3.8) is 0 Å². The Kier molecular flexibility index (Phi) is 2.97. The summed E-state index contributed by atoms with van der Waals surface area (Å²) in [5, 5.41) is 10.4. The van der Waals surface area contributed by atoms with Crippen LogP contribution in [0.15, 0.2) is 18.2 Å². The summed E-state index contributed by atoms with van der Waals surface area (Å²) in [7, 11) is 0. The molecule has 0 aliphatic heterocycles. The molecule has 0 bridgehead atoms. The van der Waals surface area contributed by atoms with E-state index in [4.69, 9.17) is 4.98 Å². The monoisotopic (exact) mass is 255 g/mol. The molecule has 19 heavy (non-hydrogen) atoms.